The second-order valence-electron chi connectivity index (χ2n) is 6.03. The third-order valence-electron chi connectivity index (χ3n) is 5.03. The van der Waals surface area contributed by atoms with Gasteiger partial charge in [0.15, 0.2) is 5.79 Å². The van der Waals surface area contributed by atoms with Crippen LogP contribution in [0.25, 0.3) is 0 Å². The van der Waals surface area contributed by atoms with Gasteiger partial charge < -0.3 is 15.2 Å². The van der Waals surface area contributed by atoms with E-state index in [2.05, 4.69) is 6.58 Å². The Labute approximate surface area is 124 Å². The summed E-state index contributed by atoms with van der Waals surface area (Å²) in [5.41, 5.74) is 7.21. The molecule has 1 spiro atoms. The van der Waals surface area contributed by atoms with Crippen molar-refractivity contribution >= 4 is 0 Å². The topological polar surface area (TPSA) is 44.5 Å². The van der Waals surface area contributed by atoms with Gasteiger partial charge in [-0.05, 0) is 30.5 Å². The molecule has 2 fully saturated rings. The molecule has 3 nitrogen and oxygen atoms in total. The van der Waals surface area contributed by atoms with E-state index in [0.29, 0.717) is 13.2 Å². The minimum absolute atomic E-state index is 0.165. The summed E-state index contributed by atoms with van der Waals surface area (Å²) in [7, 11) is 0. The summed E-state index contributed by atoms with van der Waals surface area (Å²) in [6, 6.07) is 6.52. The lowest BCUT2D eigenvalue weighted by atomic mass is 9.63. The molecule has 1 atom stereocenters. The Kier molecular flexibility index (Phi) is 3.86. The molecule has 1 heterocycles. The zero-order valence-electron chi connectivity index (χ0n) is 12.2. The van der Waals surface area contributed by atoms with Crippen molar-refractivity contribution < 1.29 is 13.9 Å². The first kappa shape index (κ1) is 14.7. The molecule has 0 aromatic heterocycles. The van der Waals surface area contributed by atoms with E-state index in [1.54, 1.807) is 6.08 Å². The maximum atomic E-state index is 13.2. The van der Waals surface area contributed by atoms with Gasteiger partial charge in [-0.15, -0.1) is 6.58 Å². The van der Waals surface area contributed by atoms with Gasteiger partial charge >= 0.3 is 0 Å². The number of benzene rings is 1. The van der Waals surface area contributed by atoms with E-state index in [-0.39, 0.29) is 17.3 Å². The first-order valence-electron chi connectivity index (χ1n) is 7.52. The van der Waals surface area contributed by atoms with E-state index in [1.807, 2.05) is 12.1 Å². The van der Waals surface area contributed by atoms with Crippen LogP contribution in [0.15, 0.2) is 36.9 Å². The third-order valence-corrected chi connectivity index (χ3v) is 5.03. The maximum absolute atomic E-state index is 13.2. The van der Waals surface area contributed by atoms with Crippen LogP contribution in [0.5, 0.6) is 0 Å². The molecule has 1 saturated heterocycles. The fraction of sp³-hybridized carbons (Fsp3) is 0.529. The lowest BCUT2D eigenvalue weighted by molar-refractivity contribution is -0.185. The molecule has 21 heavy (non-hydrogen) atoms. The first-order chi connectivity index (χ1) is 10.1. The summed E-state index contributed by atoms with van der Waals surface area (Å²) in [4.78, 5) is 0. The maximum Gasteiger partial charge on any atom is 0.168 e. The smallest absolute Gasteiger partial charge is 0.168 e. The molecule has 1 aliphatic heterocycles. The van der Waals surface area contributed by atoms with Gasteiger partial charge in [-0.2, -0.15) is 0 Å². The zero-order chi connectivity index (χ0) is 14.9. The van der Waals surface area contributed by atoms with Gasteiger partial charge in [0, 0.05) is 24.3 Å². The molecule has 2 N–H and O–H groups in total. The van der Waals surface area contributed by atoms with Crippen LogP contribution < -0.4 is 5.73 Å². The Morgan fingerprint density at radius 3 is 2.19 bits per heavy atom. The SMILES string of the molecule is C=CC(N)C1(c2ccc(F)cc2)CCC2(CC1)OCCO2. The molecule has 0 amide bonds. The van der Waals surface area contributed by atoms with E-state index < -0.39 is 5.79 Å². The van der Waals surface area contributed by atoms with Crippen molar-refractivity contribution in [3.05, 3.63) is 48.3 Å². The summed E-state index contributed by atoms with van der Waals surface area (Å²) in [5, 5.41) is 0. The number of halogens is 1. The fourth-order valence-electron chi connectivity index (χ4n) is 3.68. The van der Waals surface area contributed by atoms with Gasteiger partial charge in [0.1, 0.15) is 5.82 Å². The van der Waals surface area contributed by atoms with Crippen LogP contribution in [0, 0.1) is 5.82 Å². The normalized spacial score (nSPS) is 24.9. The van der Waals surface area contributed by atoms with E-state index in [1.165, 1.54) is 12.1 Å². The Balaban J connectivity index is 1.89. The van der Waals surface area contributed by atoms with Crippen molar-refractivity contribution in [2.75, 3.05) is 13.2 Å². The number of ether oxygens (including phenoxy) is 2. The third kappa shape index (κ3) is 2.52. The molecule has 0 bridgehead atoms. The number of hydrogen-bond acceptors (Lipinski definition) is 3. The number of rotatable bonds is 3. The van der Waals surface area contributed by atoms with Crippen molar-refractivity contribution in [1.82, 2.24) is 0 Å². The van der Waals surface area contributed by atoms with Gasteiger partial charge in [0.05, 0.1) is 13.2 Å². The van der Waals surface area contributed by atoms with Crippen LogP contribution >= 0.6 is 0 Å². The van der Waals surface area contributed by atoms with E-state index >= 15 is 0 Å². The van der Waals surface area contributed by atoms with Gasteiger partial charge in [0.25, 0.3) is 0 Å². The molecule has 1 saturated carbocycles. The second-order valence-corrected chi connectivity index (χ2v) is 6.03. The zero-order valence-corrected chi connectivity index (χ0v) is 12.2. The average Bonchev–Trinajstić information content (AvgIpc) is 2.97. The molecule has 4 heteroatoms. The molecule has 114 valence electrons. The van der Waals surface area contributed by atoms with Crippen molar-refractivity contribution in [2.24, 2.45) is 5.73 Å². The molecule has 3 rings (SSSR count). The van der Waals surface area contributed by atoms with Crippen molar-refractivity contribution in [2.45, 2.75) is 42.9 Å². The lowest BCUT2D eigenvalue weighted by Gasteiger charge is -2.46. The summed E-state index contributed by atoms with van der Waals surface area (Å²) in [6.45, 7) is 5.18. The van der Waals surface area contributed by atoms with Gasteiger partial charge in [-0.3, -0.25) is 0 Å². The van der Waals surface area contributed by atoms with E-state index in [9.17, 15) is 4.39 Å². The van der Waals surface area contributed by atoms with Crippen molar-refractivity contribution in [3.8, 4) is 0 Å². The summed E-state index contributed by atoms with van der Waals surface area (Å²) in [5.74, 6) is -0.652. The molecular weight excluding hydrogens is 269 g/mol. The monoisotopic (exact) mass is 291 g/mol. The highest BCUT2D eigenvalue weighted by Crippen LogP contribution is 2.48. The summed E-state index contributed by atoms with van der Waals surface area (Å²) < 4.78 is 24.8. The van der Waals surface area contributed by atoms with Gasteiger partial charge in [-0.25, -0.2) is 4.39 Å². The molecule has 1 unspecified atom stereocenters. The van der Waals surface area contributed by atoms with Crippen molar-refractivity contribution in [1.29, 1.82) is 0 Å². The molecule has 1 aromatic carbocycles. The Morgan fingerprint density at radius 2 is 1.67 bits per heavy atom. The van der Waals surface area contributed by atoms with Crippen LogP contribution in [0.2, 0.25) is 0 Å². The van der Waals surface area contributed by atoms with Crippen LogP contribution in [0.1, 0.15) is 31.2 Å². The van der Waals surface area contributed by atoms with Gasteiger partial charge in [0.2, 0.25) is 0 Å². The van der Waals surface area contributed by atoms with Crippen LogP contribution in [0.3, 0.4) is 0 Å². The molecule has 0 radical (unpaired) electrons. The highest BCUT2D eigenvalue weighted by atomic mass is 19.1. The summed E-state index contributed by atoms with van der Waals surface area (Å²) >= 11 is 0. The standard InChI is InChI=1S/C17H22FNO2/c1-2-15(19)16(13-3-5-14(18)6-4-13)7-9-17(10-8-16)20-11-12-21-17/h2-6,15H,1,7-12,19H2. The molecular formula is C17H22FNO2. The predicted octanol–water partition coefficient (Wildman–Crippen LogP) is 2.89. The minimum Gasteiger partial charge on any atom is -0.348 e. The molecule has 1 aromatic rings. The predicted molar refractivity (Wildman–Crippen MR) is 79.4 cm³/mol. The second kappa shape index (κ2) is 5.52. The van der Waals surface area contributed by atoms with E-state index in [0.717, 1.165) is 31.2 Å². The quantitative estimate of drug-likeness (QED) is 0.871. The highest BCUT2D eigenvalue weighted by molar-refractivity contribution is 5.31. The van der Waals surface area contributed by atoms with E-state index in [4.69, 9.17) is 15.2 Å². The largest absolute Gasteiger partial charge is 0.348 e. The minimum atomic E-state index is -0.426. The molecule has 2 aliphatic rings. The van der Waals surface area contributed by atoms with Crippen LogP contribution in [-0.4, -0.2) is 25.0 Å². The first-order valence-corrected chi connectivity index (χ1v) is 7.52. The number of nitrogens with two attached hydrogens (primary N) is 1. The van der Waals surface area contributed by atoms with Crippen molar-refractivity contribution in [3.63, 3.8) is 0 Å². The molecule has 1 aliphatic carbocycles. The summed E-state index contributed by atoms with van der Waals surface area (Å²) in [6.07, 6.45) is 5.12. The van der Waals surface area contributed by atoms with Gasteiger partial charge in [-0.1, -0.05) is 18.2 Å². The number of hydrogen-bond donors (Lipinski definition) is 1. The van der Waals surface area contributed by atoms with Crippen LogP contribution in [0.4, 0.5) is 4.39 Å². The Hall–Kier alpha value is -1.23. The Morgan fingerprint density at radius 1 is 1.10 bits per heavy atom. The Bertz CT molecular complexity index is 498. The fourth-order valence-corrected chi connectivity index (χ4v) is 3.68. The lowest BCUT2D eigenvalue weighted by Crippen LogP contribution is -2.50. The van der Waals surface area contributed by atoms with Crippen LogP contribution in [-0.2, 0) is 14.9 Å². The average molecular weight is 291 g/mol. The highest BCUT2D eigenvalue weighted by Gasteiger charge is 2.48.